The van der Waals surface area contributed by atoms with Crippen LogP contribution in [0.1, 0.15) is 13.8 Å². The zero-order chi connectivity index (χ0) is 14.8. The molecule has 0 N–H and O–H groups in total. The van der Waals surface area contributed by atoms with Gasteiger partial charge in [0.05, 0.1) is 11.4 Å². The third kappa shape index (κ3) is 3.00. The first-order chi connectivity index (χ1) is 10.2. The van der Waals surface area contributed by atoms with Crippen molar-refractivity contribution in [2.75, 3.05) is 16.8 Å². The summed E-state index contributed by atoms with van der Waals surface area (Å²) in [7, 11) is 0. The lowest BCUT2D eigenvalue weighted by Crippen LogP contribution is -2.30. The van der Waals surface area contributed by atoms with Crippen LogP contribution in [0, 0.1) is 11.8 Å². The number of hydrogen-bond donors (Lipinski definition) is 0. The predicted octanol–water partition coefficient (Wildman–Crippen LogP) is 5.96. The van der Waals surface area contributed by atoms with E-state index in [0.717, 1.165) is 11.9 Å². The Morgan fingerprint density at radius 2 is 1.48 bits per heavy atom. The van der Waals surface area contributed by atoms with Crippen molar-refractivity contribution in [1.29, 1.82) is 0 Å². The number of fused-ring (bicyclic) bond motifs is 2. The average Bonchev–Trinajstić information content (AvgIpc) is 2.51. The Bertz CT molecular complexity index is 581. The summed E-state index contributed by atoms with van der Waals surface area (Å²) < 4.78 is 0. The van der Waals surface area contributed by atoms with E-state index in [1.165, 1.54) is 21.2 Å². The highest BCUT2D eigenvalue weighted by Crippen LogP contribution is 2.48. The molecule has 1 nitrogen and oxygen atoms in total. The Hall–Kier alpha value is -0.930. The first-order valence-electron chi connectivity index (χ1n) is 7.40. The zero-order valence-electron chi connectivity index (χ0n) is 12.4. The number of anilines is 2. The lowest BCUT2D eigenvalue weighted by atomic mass is 9.97. The van der Waals surface area contributed by atoms with Crippen LogP contribution in [0.25, 0.3) is 0 Å². The van der Waals surface area contributed by atoms with Crippen LogP contribution in [0.2, 0.25) is 0 Å². The van der Waals surface area contributed by atoms with E-state index < -0.39 is 0 Å². The molecule has 0 aliphatic carbocycles. The number of hydrogen-bond acceptors (Lipinski definition) is 2. The van der Waals surface area contributed by atoms with Gasteiger partial charge in [-0.05, 0) is 36.1 Å². The van der Waals surface area contributed by atoms with Crippen LogP contribution in [0.4, 0.5) is 11.4 Å². The Morgan fingerprint density at radius 3 is 1.95 bits per heavy atom. The molecule has 0 radical (unpaired) electrons. The standard InChI is InChI=1S/C18H20BrNS/c1-13(2)14(11-19)12-20-15-7-3-5-9-17(15)21-18-10-6-4-8-16(18)20/h3-10,13-14H,11-12H2,1-2H3. The number of benzene rings is 2. The summed E-state index contributed by atoms with van der Waals surface area (Å²) in [6.07, 6.45) is 0. The molecule has 2 aromatic rings. The van der Waals surface area contributed by atoms with E-state index in [0.29, 0.717) is 11.8 Å². The minimum absolute atomic E-state index is 0.634. The van der Waals surface area contributed by atoms with Gasteiger partial charge in [-0.2, -0.15) is 0 Å². The van der Waals surface area contributed by atoms with Crippen LogP contribution in [0.3, 0.4) is 0 Å². The van der Waals surface area contributed by atoms with Crippen molar-refractivity contribution in [3.05, 3.63) is 48.5 Å². The highest BCUT2D eigenvalue weighted by atomic mass is 79.9. The van der Waals surface area contributed by atoms with Gasteiger partial charge in [-0.3, -0.25) is 0 Å². The first kappa shape index (κ1) is 15.0. The molecular weight excluding hydrogens is 342 g/mol. The fourth-order valence-corrected chi connectivity index (χ4v) is 4.70. The van der Waals surface area contributed by atoms with Crippen molar-refractivity contribution in [3.63, 3.8) is 0 Å². The van der Waals surface area contributed by atoms with Gasteiger partial charge < -0.3 is 4.90 Å². The molecule has 0 fully saturated rings. The SMILES string of the molecule is CC(C)C(CBr)CN1c2ccccc2Sc2ccccc21. The maximum atomic E-state index is 3.69. The van der Waals surface area contributed by atoms with Crippen molar-refractivity contribution in [2.24, 2.45) is 11.8 Å². The van der Waals surface area contributed by atoms with Crippen molar-refractivity contribution >= 4 is 39.1 Å². The molecule has 0 saturated heterocycles. The van der Waals surface area contributed by atoms with Gasteiger partial charge in [0.15, 0.2) is 0 Å². The summed E-state index contributed by atoms with van der Waals surface area (Å²) in [5.74, 6) is 1.30. The Kier molecular flexibility index (Phi) is 4.60. The first-order valence-corrected chi connectivity index (χ1v) is 9.34. The van der Waals surface area contributed by atoms with Gasteiger partial charge in [-0.1, -0.05) is 65.8 Å². The van der Waals surface area contributed by atoms with E-state index in [-0.39, 0.29) is 0 Å². The van der Waals surface area contributed by atoms with Crippen molar-refractivity contribution in [1.82, 2.24) is 0 Å². The molecule has 1 heterocycles. The average molecular weight is 362 g/mol. The van der Waals surface area contributed by atoms with Crippen molar-refractivity contribution in [2.45, 2.75) is 23.6 Å². The second-order valence-electron chi connectivity index (χ2n) is 5.81. The van der Waals surface area contributed by atoms with Crippen LogP contribution in [-0.4, -0.2) is 11.9 Å². The van der Waals surface area contributed by atoms with Gasteiger partial charge >= 0.3 is 0 Å². The number of para-hydroxylation sites is 2. The summed E-state index contributed by atoms with van der Waals surface area (Å²) in [4.78, 5) is 5.20. The maximum absolute atomic E-state index is 3.69. The van der Waals surface area contributed by atoms with Gasteiger partial charge in [-0.15, -0.1) is 0 Å². The van der Waals surface area contributed by atoms with Gasteiger partial charge in [0.25, 0.3) is 0 Å². The number of nitrogens with zero attached hydrogens (tertiary/aromatic N) is 1. The molecule has 1 aliphatic heterocycles. The molecule has 3 heteroatoms. The molecule has 0 amide bonds. The molecule has 1 unspecified atom stereocenters. The lowest BCUT2D eigenvalue weighted by Gasteiger charge is -2.36. The molecule has 1 aliphatic rings. The zero-order valence-corrected chi connectivity index (χ0v) is 14.8. The molecule has 0 aromatic heterocycles. The fraction of sp³-hybridized carbons (Fsp3) is 0.333. The number of halogens is 1. The maximum Gasteiger partial charge on any atom is 0.0552 e. The smallest absolute Gasteiger partial charge is 0.0552 e. The molecular formula is C18H20BrNS. The third-order valence-electron chi connectivity index (χ3n) is 4.09. The molecule has 21 heavy (non-hydrogen) atoms. The molecule has 2 aromatic carbocycles. The van der Waals surface area contributed by atoms with E-state index >= 15 is 0 Å². The monoisotopic (exact) mass is 361 g/mol. The summed E-state index contributed by atoms with van der Waals surface area (Å²) in [6.45, 7) is 5.67. The minimum Gasteiger partial charge on any atom is -0.339 e. The highest BCUT2D eigenvalue weighted by Gasteiger charge is 2.25. The summed E-state index contributed by atoms with van der Waals surface area (Å²) in [5.41, 5.74) is 2.68. The van der Waals surface area contributed by atoms with Gasteiger partial charge in [0.2, 0.25) is 0 Å². The molecule has 0 spiro atoms. The van der Waals surface area contributed by atoms with Crippen LogP contribution >= 0.6 is 27.7 Å². The molecule has 0 bridgehead atoms. The van der Waals surface area contributed by atoms with E-state index in [1.807, 2.05) is 11.8 Å². The molecule has 3 rings (SSSR count). The van der Waals surface area contributed by atoms with Crippen LogP contribution in [0.15, 0.2) is 58.3 Å². The van der Waals surface area contributed by atoms with Gasteiger partial charge in [0, 0.05) is 21.7 Å². The second kappa shape index (κ2) is 6.45. The Labute approximate surface area is 139 Å². The Balaban J connectivity index is 2.02. The van der Waals surface area contributed by atoms with Crippen molar-refractivity contribution in [3.8, 4) is 0 Å². The van der Waals surface area contributed by atoms with Crippen LogP contribution < -0.4 is 4.90 Å². The topological polar surface area (TPSA) is 3.24 Å². The van der Waals surface area contributed by atoms with E-state index in [9.17, 15) is 0 Å². The van der Waals surface area contributed by atoms with Crippen molar-refractivity contribution < 1.29 is 0 Å². The van der Waals surface area contributed by atoms with Crippen LogP contribution in [-0.2, 0) is 0 Å². The molecule has 0 saturated carbocycles. The van der Waals surface area contributed by atoms with Gasteiger partial charge in [0.1, 0.15) is 0 Å². The molecule has 1 atom stereocenters. The predicted molar refractivity (Wildman–Crippen MR) is 96.1 cm³/mol. The van der Waals surface area contributed by atoms with E-state index in [1.54, 1.807) is 0 Å². The largest absolute Gasteiger partial charge is 0.339 e. The third-order valence-corrected chi connectivity index (χ3v) is 6.05. The quantitative estimate of drug-likeness (QED) is 0.618. The summed E-state index contributed by atoms with van der Waals surface area (Å²) in [6, 6.07) is 17.5. The Morgan fingerprint density at radius 1 is 0.952 bits per heavy atom. The fourth-order valence-electron chi connectivity index (χ4n) is 2.65. The van der Waals surface area contributed by atoms with E-state index in [4.69, 9.17) is 0 Å². The molecule has 110 valence electrons. The minimum atomic E-state index is 0.634. The lowest BCUT2D eigenvalue weighted by molar-refractivity contribution is 0.435. The number of rotatable bonds is 4. The van der Waals surface area contributed by atoms with Gasteiger partial charge in [-0.25, -0.2) is 0 Å². The number of alkyl halides is 1. The normalized spacial score (nSPS) is 14.8. The highest BCUT2D eigenvalue weighted by molar-refractivity contribution is 9.09. The van der Waals surface area contributed by atoms with Crippen LogP contribution in [0.5, 0.6) is 0 Å². The second-order valence-corrected chi connectivity index (χ2v) is 7.54. The summed E-state index contributed by atoms with van der Waals surface area (Å²) >= 11 is 5.57. The van der Waals surface area contributed by atoms with E-state index in [2.05, 4.69) is 83.2 Å². The summed E-state index contributed by atoms with van der Waals surface area (Å²) in [5, 5.41) is 1.04.